The van der Waals surface area contributed by atoms with E-state index < -0.39 is 0 Å². The molecular formula is C16H22N4. The van der Waals surface area contributed by atoms with Crippen molar-refractivity contribution in [1.29, 1.82) is 0 Å². The highest BCUT2D eigenvalue weighted by Crippen LogP contribution is 2.23. The minimum Gasteiger partial charge on any atom is -0.206 e. The summed E-state index contributed by atoms with van der Waals surface area (Å²) in [6, 6.07) is 20.6. The molecule has 0 aliphatic rings. The smallest absolute Gasteiger partial charge is 0.0776 e. The van der Waals surface area contributed by atoms with E-state index in [4.69, 9.17) is 0 Å². The highest BCUT2D eigenvalue weighted by molar-refractivity contribution is 5.55. The molecule has 0 N–H and O–H groups in total. The summed E-state index contributed by atoms with van der Waals surface area (Å²) in [7, 11) is 8.14. The number of benzene rings is 2. The van der Waals surface area contributed by atoms with Crippen molar-refractivity contribution in [3.8, 4) is 0 Å². The predicted molar refractivity (Wildman–Crippen MR) is 85.2 cm³/mol. The van der Waals surface area contributed by atoms with Gasteiger partial charge in [0.05, 0.1) is 11.4 Å². The lowest BCUT2D eigenvalue weighted by atomic mass is 10.3. The van der Waals surface area contributed by atoms with Crippen LogP contribution in [0, 0.1) is 0 Å². The maximum atomic E-state index is 2.12. The Morgan fingerprint density at radius 1 is 0.500 bits per heavy atom. The molecule has 0 aromatic heterocycles. The van der Waals surface area contributed by atoms with Gasteiger partial charge in [0, 0.05) is 28.2 Å². The first kappa shape index (κ1) is 14.4. The Bertz CT molecular complexity index is 461. The van der Waals surface area contributed by atoms with Crippen LogP contribution < -0.4 is 10.2 Å². The molecule has 0 amide bonds. The van der Waals surface area contributed by atoms with E-state index in [1.54, 1.807) is 0 Å². The number of nitrogens with zero attached hydrogens (tertiary/aromatic N) is 4. The zero-order valence-corrected chi connectivity index (χ0v) is 12.6. The zero-order chi connectivity index (χ0) is 14.5. The molecule has 0 atom stereocenters. The Morgan fingerprint density at radius 3 is 1.05 bits per heavy atom. The van der Waals surface area contributed by atoms with E-state index in [1.165, 1.54) is 0 Å². The molecule has 0 aliphatic carbocycles. The van der Waals surface area contributed by atoms with E-state index in [1.807, 2.05) is 64.6 Å². The first-order chi connectivity index (χ1) is 9.61. The number of hydrogen-bond acceptors (Lipinski definition) is 4. The fraction of sp³-hybridized carbons (Fsp3) is 0.250. The summed E-state index contributed by atoms with van der Waals surface area (Å²) in [6.07, 6.45) is 0. The monoisotopic (exact) mass is 270 g/mol. The van der Waals surface area contributed by atoms with Gasteiger partial charge in [-0.1, -0.05) is 36.4 Å². The number of hydrogen-bond donors (Lipinski definition) is 0. The van der Waals surface area contributed by atoms with E-state index in [0.29, 0.717) is 0 Å². The minimum atomic E-state index is 1.11. The van der Waals surface area contributed by atoms with Gasteiger partial charge in [-0.25, -0.2) is 20.3 Å². The summed E-state index contributed by atoms with van der Waals surface area (Å²) >= 11 is 0. The van der Waals surface area contributed by atoms with Gasteiger partial charge in [0.1, 0.15) is 0 Å². The van der Waals surface area contributed by atoms with E-state index in [2.05, 4.69) is 44.5 Å². The van der Waals surface area contributed by atoms with Gasteiger partial charge < -0.3 is 0 Å². The molecule has 2 aromatic carbocycles. The summed E-state index contributed by atoms with van der Waals surface area (Å²) in [5.74, 6) is 0. The highest BCUT2D eigenvalue weighted by atomic mass is 16.0. The van der Waals surface area contributed by atoms with Crippen molar-refractivity contribution in [2.75, 3.05) is 38.4 Å². The molecule has 0 unspecified atom stereocenters. The lowest BCUT2D eigenvalue weighted by molar-refractivity contribution is 0.253. The van der Waals surface area contributed by atoms with Crippen LogP contribution in [-0.2, 0) is 0 Å². The van der Waals surface area contributed by atoms with Crippen LogP contribution in [0.2, 0.25) is 0 Å². The highest BCUT2D eigenvalue weighted by Gasteiger charge is 2.20. The average molecular weight is 270 g/mol. The van der Waals surface area contributed by atoms with E-state index in [-0.39, 0.29) is 0 Å². The summed E-state index contributed by atoms with van der Waals surface area (Å²) < 4.78 is 0. The molecule has 4 heteroatoms. The quantitative estimate of drug-likeness (QED) is 0.774. The van der Waals surface area contributed by atoms with Crippen LogP contribution >= 0.6 is 0 Å². The average Bonchev–Trinajstić information content (AvgIpc) is 2.45. The Labute approximate surface area is 121 Å². The van der Waals surface area contributed by atoms with Crippen molar-refractivity contribution >= 4 is 11.4 Å². The van der Waals surface area contributed by atoms with Crippen LogP contribution in [0.25, 0.3) is 0 Å². The lowest BCUT2D eigenvalue weighted by Crippen LogP contribution is -2.56. The van der Waals surface area contributed by atoms with Gasteiger partial charge in [-0.05, 0) is 24.3 Å². The summed E-state index contributed by atoms with van der Waals surface area (Å²) in [5, 5.41) is 8.36. The topological polar surface area (TPSA) is 13.0 Å². The van der Waals surface area contributed by atoms with E-state index >= 15 is 0 Å². The third-order valence-corrected chi connectivity index (χ3v) is 2.91. The maximum Gasteiger partial charge on any atom is 0.0776 e. The molecule has 0 aliphatic heterocycles. The van der Waals surface area contributed by atoms with Crippen molar-refractivity contribution in [1.82, 2.24) is 10.0 Å². The molecule has 2 rings (SSSR count). The summed E-state index contributed by atoms with van der Waals surface area (Å²) in [6.45, 7) is 0. The van der Waals surface area contributed by atoms with Crippen molar-refractivity contribution in [3.05, 3.63) is 60.7 Å². The molecular weight excluding hydrogens is 248 g/mol. The number of hydrazine groups is 3. The molecule has 0 saturated heterocycles. The van der Waals surface area contributed by atoms with Crippen LogP contribution in [0.4, 0.5) is 11.4 Å². The molecule has 0 saturated carbocycles. The zero-order valence-electron chi connectivity index (χ0n) is 12.6. The molecule has 0 spiro atoms. The Balaban J connectivity index is 2.44. The third kappa shape index (κ3) is 3.10. The standard InChI is InChI=1S/C16H22N4/c1-17(2)19(15-11-7-5-8-12-15)20(18(3)4)16-13-9-6-10-14-16/h5-14H,1-4H3. The van der Waals surface area contributed by atoms with Gasteiger partial charge in [0.2, 0.25) is 0 Å². The van der Waals surface area contributed by atoms with E-state index in [0.717, 1.165) is 11.4 Å². The normalized spacial score (nSPS) is 10.9. The van der Waals surface area contributed by atoms with E-state index in [9.17, 15) is 0 Å². The summed E-state index contributed by atoms with van der Waals surface area (Å²) in [5.41, 5.74) is 2.21. The molecule has 0 fully saturated rings. The van der Waals surface area contributed by atoms with Crippen LogP contribution in [0.15, 0.2) is 60.7 Å². The van der Waals surface area contributed by atoms with Crippen molar-refractivity contribution in [3.63, 3.8) is 0 Å². The second-order valence-electron chi connectivity index (χ2n) is 4.94. The first-order valence-corrected chi connectivity index (χ1v) is 6.66. The second kappa shape index (κ2) is 6.41. The Kier molecular flexibility index (Phi) is 4.61. The van der Waals surface area contributed by atoms with Crippen molar-refractivity contribution < 1.29 is 0 Å². The van der Waals surface area contributed by atoms with Gasteiger partial charge in [-0.2, -0.15) is 0 Å². The fourth-order valence-electron chi connectivity index (χ4n) is 2.14. The van der Waals surface area contributed by atoms with Gasteiger partial charge in [-0.3, -0.25) is 0 Å². The van der Waals surface area contributed by atoms with Crippen molar-refractivity contribution in [2.24, 2.45) is 0 Å². The van der Waals surface area contributed by atoms with Crippen LogP contribution in [0.3, 0.4) is 0 Å². The number of rotatable bonds is 5. The van der Waals surface area contributed by atoms with Gasteiger partial charge in [0.15, 0.2) is 0 Å². The Morgan fingerprint density at radius 2 is 0.800 bits per heavy atom. The predicted octanol–water partition coefficient (Wildman–Crippen LogP) is 2.87. The van der Waals surface area contributed by atoms with Gasteiger partial charge >= 0.3 is 0 Å². The molecule has 0 bridgehead atoms. The van der Waals surface area contributed by atoms with Gasteiger partial charge in [0.25, 0.3) is 0 Å². The Hall–Kier alpha value is -2.04. The van der Waals surface area contributed by atoms with Crippen LogP contribution in [0.5, 0.6) is 0 Å². The molecule has 106 valence electrons. The molecule has 0 radical (unpaired) electrons. The van der Waals surface area contributed by atoms with Gasteiger partial charge in [-0.15, -0.1) is 0 Å². The minimum absolute atomic E-state index is 1.11. The SMILES string of the molecule is CN(C)N(c1ccccc1)N(c1ccccc1)N(C)C. The molecule has 20 heavy (non-hydrogen) atoms. The fourth-order valence-corrected chi connectivity index (χ4v) is 2.14. The molecule has 4 nitrogen and oxygen atoms in total. The molecule has 0 heterocycles. The number of anilines is 2. The van der Waals surface area contributed by atoms with Crippen LogP contribution in [-0.4, -0.2) is 38.2 Å². The second-order valence-corrected chi connectivity index (χ2v) is 4.94. The largest absolute Gasteiger partial charge is 0.206 e. The lowest BCUT2D eigenvalue weighted by Gasteiger charge is -2.44. The molecule has 2 aromatic rings. The van der Waals surface area contributed by atoms with Crippen LogP contribution in [0.1, 0.15) is 0 Å². The number of para-hydroxylation sites is 2. The van der Waals surface area contributed by atoms with Crippen molar-refractivity contribution in [2.45, 2.75) is 0 Å². The first-order valence-electron chi connectivity index (χ1n) is 6.66. The third-order valence-electron chi connectivity index (χ3n) is 2.91. The summed E-state index contributed by atoms with van der Waals surface area (Å²) in [4.78, 5) is 0. The maximum absolute atomic E-state index is 2.12.